The monoisotopic (exact) mass is 432 g/mol. The fourth-order valence-electron chi connectivity index (χ4n) is 3.26. The number of amides is 1. The first kappa shape index (κ1) is 21.6. The number of benzene rings is 1. The molecule has 10 heteroatoms. The molecule has 1 aliphatic rings. The van der Waals surface area contributed by atoms with Crippen molar-refractivity contribution in [1.29, 1.82) is 0 Å². The lowest BCUT2D eigenvalue weighted by Gasteiger charge is -2.10. The number of nitrogens with zero attached hydrogens (tertiary/aromatic N) is 1. The highest BCUT2D eigenvalue weighted by atomic mass is 32.2. The Labute approximate surface area is 175 Å². The van der Waals surface area contributed by atoms with Crippen LogP contribution < -0.4 is 10.0 Å². The Morgan fingerprint density at radius 1 is 1.27 bits per heavy atom. The van der Waals surface area contributed by atoms with Gasteiger partial charge in [-0.1, -0.05) is 6.07 Å². The average Bonchev–Trinajstić information content (AvgIpc) is 3.29. The molecule has 9 nitrogen and oxygen atoms in total. The minimum Gasteiger partial charge on any atom is -0.462 e. The van der Waals surface area contributed by atoms with Crippen LogP contribution in [0.1, 0.15) is 51.9 Å². The maximum Gasteiger partial charge on any atom is 0.340 e. The number of esters is 1. The summed E-state index contributed by atoms with van der Waals surface area (Å²) in [5, 5.41) is 2.67. The Hall–Kier alpha value is -3.14. The molecular weight excluding hydrogens is 408 g/mol. The molecule has 0 unspecified atom stereocenters. The zero-order valence-corrected chi connectivity index (χ0v) is 17.9. The molecule has 0 bridgehead atoms. The van der Waals surface area contributed by atoms with Crippen molar-refractivity contribution in [2.45, 2.75) is 38.5 Å². The van der Waals surface area contributed by atoms with Crippen molar-refractivity contribution in [1.82, 2.24) is 9.71 Å². The van der Waals surface area contributed by atoms with Gasteiger partial charge in [0.1, 0.15) is 11.5 Å². The lowest BCUT2D eigenvalue weighted by atomic mass is 10.1. The van der Waals surface area contributed by atoms with Crippen molar-refractivity contribution in [3.05, 3.63) is 46.8 Å². The molecule has 0 radical (unpaired) electrons. The van der Waals surface area contributed by atoms with E-state index in [1.54, 1.807) is 26.8 Å². The second-order valence-electron chi connectivity index (χ2n) is 6.86. The van der Waals surface area contributed by atoms with Gasteiger partial charge in [0.2, 0.25) is 0 Å². The van der Waals surface area contributed by atoms with Gasteiger partial charge in [-0.2, -0.15) is 0 Å². The normalized spacial score (nSPS) is 13.6. The van der Waals surface area contributed by atoms with Crippen molar-refractivity contribution >= 4 is 33.4 Å². The molecule has 1 aromatic carbocycles. The smallest absolute Gasteiger partial charge is 0.340 e. The van der Waals surface area contributed by atoms with E-state index in [0.717, 1.165) is 6.42 Å². The molecule has 0 saturated carbocycles. The van der Waals surface area contributed by atoms with E-state index in [2.05, 4.69) is 20.0 Å². The molecule has 1 aromatic heterocycles. The summed E-state index contributed by atoms with van der Waals surface area (Å²) in [6, 6.07) is 5.93. The minimum absolute atomic E-state index is 0.0153. The van der Waals surface area contributed by atoms with Crippen molar-refractivity contribution in [2.24, 2.45) is 4.99 Å². The molecular formula is C20H24N4O5S. The molecule has 160 valence electrons. The van der Waals surface area contributed by atoms with Crippen LogP contribution in [0.25, 0.3) is 0 Å². The summed E-state index contributed by atoms with van der Waals surface area (Å²) >= 11 is 0. The Kier molecular flexibility index (Phi) is 6.25. The summed E-state index contributed by atoms with van der Waals surface area (Å²) in [4.78, 5) is 31.9. The van der Waals surface area contributed by atoms with Crippen LogP contribution in [0.4, 0.5) is 5.69 Å². The maximum atomic E-state index is 12.7. The number of aromatic nitrogens is 1. The number of sulfonamides is 1. The number of nitrogens with one attached hydrogen (secondary N) is 3. The first-order valence-corrected chi connectivity index (χ1v) is 11.0. The van der Waals surface area contributed by atoms with Gasteiger partial charge in [0, 0.05) is 24.3 Å². The number of carbonyl (C=O) groups is 2. The molecule has 1 aliphatic heterocycles. The van der Waals surface area contributed by atoms with Crippen LogP contribution in [0.15, 0.2) is 34.2 Å². The van der Waals surface area contributed by atoms with Gasteiger partial charge >= 0.3 is 5.97 Å². The summed E-state index contributed by atoms with van der Waals surface area (Å²) in [7, 11) is -3.80. The van der Waals surface area contributed by atoms with Gasteiger partial charge in [0.15, 0.2) is 0 Å². The van der Waals surface area contributed by atoms with E-state index in [9.17, 15) is 18.0 Å². The molecule has 0 aliphatic carbocycles. The quantitative estimate of drug-likeness (QED) is 0.604. The third kappa shape index (κ3) is 4.54. The summed E-state index contributed by atoms with van der Waals surface area (Å²) in [5.41, 5.74) is 1.82. The summed E-state index contributed by atoms with van der Waals surface area (Å²) in [6.07, 6.45) is 1.40. The number of ether oxygens (including phenoxy) is 1. The predicted octanol–water partition coefficient (Wildman–Crippen LogP) is 2.53. The molecule has 3 rings (SSSR count). The molecule has 0 atom stereocenters. The van der Waals surface area contributed by atoms with Crippen molar-refractivity contribution in [3.63, 3.8) is 0 Å². The van der Waals surface area contributed by atoms with Crippen LogP contribution in [-0.2, 0) is 14.8 Å². The van der Waals surface area contributed by atoms with Gasteiger partial charge in [0.05, 0.1) is 17.1 Å². The summed E-state index contributed by atoms with van der Waals surface area (Å²) < 4.78 is 32.7. The first-order chi connectivity index (χ1) is 14.2. The highest BCUT2D eigenvalue weighted by molar-refractivity contribution is 7.90. The molecule has 0 fully saturated rings. The van der Waals surface area contributed by atoms with E-state index in [-0.39, 0.29) is 17.2 Å². The first-order valence-electron chi connectivity index (χ1n) is 9.56. The topological polar surface area (TPSA) is 130 Å². The predicted molar refractivity (Wildman–Crippen MR) is 112 cm³/mol. The molecule has 2 aromatic rings. The van der Waals surface area contributed by atoms with Gasteiger partial charge in [-0.3, -0.25) is 14.5 Å². The Balaban J connectivity index is 1.80. The molecule has 3 N–H and O–H groups in total. The van der Waals surface area contributed by atoms with E-state index < -0.39 is 21.9 Å². The number of aliphatic imine (C=N–C) groups is 1. The Bertz CT molecular complexity index is 1120. The van der Waals surface area contributed by atoms with Gasteiger partial charge < -0.3 is 15.0 Å². The largest absolute Gasteiger partial charge is 0.462 e. The van der Waals surface area contributed by atoms with Crippen LogP contribution in [0, 0.1) is 13.8 Å². The lowest BCUT2D eigenvalue weighted by molar-refractivity contribution is 0.0525. The second-order valence-corrected chi connectivity index (χ2v) is 8.55. The van der Waals surface area contributed by atoms with Gasteiger partial charge in [-0.25, -0.2) is 13.2 Å². The number of hydrogen-bond acceptors (Lipinski definition) is 6. The van der Waals surface area contributed by atoms with Gasteiger partial charge in [-0.05, 0) is 51.0 Å². The van der Waals surface area contributed by atoms with Crippen LogP contribution in [-0.4, -0.2) is 44.3 Å². The number of aryl methyl sites for hydroxylation is 1. The van der Waals surface area contributed by atoms with Crippen molar-refractivity contribution in [2.75, 3.05) is 18.5 Å². The summed E-state index contributed by atoms with van der Waals surface area (Å²) in [6.45, 7) is 5.87. The molecule has 2 heterocycles. The zero-order chi connectivity index (χ0) is 21.9. The van der Waals surface area contributed by atoms with E-state index >= 15 is 0 Å². The molecule has 0 spiro atoms. The van der Waals surface area contributed by atoms with Crippen molar-refractivity contribution < 1.29 is 22.7 Å². The third-order valence-electron chi connectivity index (χ3n) is 4.67. The van der Waals surface area contributed by atoms with Crippen molar-refractivity contribution in [3.8, 4) is 0 Å². The molecule has 1 amide bonds. The van der Waals surface area contributed by atoms with E-state index in [1.807, 2.05) is 0 Å². The fraction of sp³-hybridized carbons (Fsp3) is 0.350. The number of anilines is 1. The van der Waals surface area contributed by atoms with Gasteiger partial charge in [-0.15, -0.1) is 0 Å². The number of aromatic amines is 1. The van der Waals surface area contributed by atoms with E-state index in [1.165, 1.54) is 18.2 Å². The summed E-state index contributed by atoms with van der Waals surface area (Å²) in [5.74, 6) is -0.556. The highest BCUT2D eigenvalue weighted by Crippen LogP contribution is 2.22. The molecule has 0 saturated heterocycles. The zero-order valence-electron chi connectivity index (χ0n) is 17.0. The van der Waals surface area contributed by atoms with Crippen LogP contribution in [0.5, 0.6) is 0 Å². The second kappa shape index (κ2) is 8.70. The minimum atomic E-state index is -3.80. The Morgan fingerprint density at radius 3 is 2.70 bits per heavy atom. The Morgan fingerprint density at radius 2 is 2.03 bits per heavy atom. The number of amidine groups is 1. The molecule has 30 heavy (non-hydrogen) atoms. The average molecular weight is 433 g/mol. The van der Waals surface area contributed by atoms with Crippen LogP contribution in [0.2, 0.25) is 0 Å². The highest BCUT2D eigenvalue weighted by Gasteiger charge is 2.23. The third-order valence-corrected chi connectivity index (χ3v) is 6.05. The number of carbonyl (C=O) groups excluding carboxylic acids is 2. The van der Waals surface area contributed by atoms with Gasteiger partial charge in [0.25, 0.3) is 15.9 Å². The standard InChI is InChI=1S/C20H24N4O5S/c1-4-29-20(26)17-12(2)18(22-13(17)3)19(25)23-14-7-5-8-15(11-14)30(27,28)24-16-9-6-10-21-16/h5,7-8,11,22H,4,6,9-10H2,1-3H3,(H,21,24)(H,23,25). The number of rotatable bonds is 6. The van der Waals surface area contributed by atoms with E-state index in [4.69, 9.17) is 4.74 Å². The SMILES string of the molecule is CCOC(=O)c1c(C)[nH]c(C(=O)Nc2cccc(S(=O)(=O)NC3=NCCC3)c2)c1C. The fourth-order valence-corrected chi connectivity index (χ4v) is 4.39. The maximum absolute atomic E-state index is 12.7. The number of H-pyrrole nitrogens is 1. The lowest BCUT2D eigenvalue weighted by Crippen LogP contribution is -2.29. The number of hydrogen-bond donors (Lipinski definition) is 3. The van der Waals surface area contributed by atoms with E-state index in [0.29, 0.717) is 41.3 Å². The van der Waals surface area contributed by atoms with Crippen LogP contribution in [0.3, 0.4) is 0 Å². The van der Waals surface area contributed by atoms with Crippen LogP contribution >= 0.6 is 0 Å².